The summed E-state index contributed by atoms with van der Waals surface area (Å²) in [6.45, 7) is 8.34. The number of pyridine rings is 1. The fraction of sp³-hybridized carbons (Fsp3) is 0.250. The molecule has 0 saturated carbocycles. The van der Waals surface area contributed by atoms with Crippen molar-refractivity contribution in [2.45, 2.75) is 40.0 Å². The smallest absolute Gasteiger partial charge is 0.206 e. The molecular weight excluding hydrogens is 369 g/mol. The molecule has 4 aromatic rings. The fourth-order valence-electron chi connectivity index (χ4n) is 4.13. The van der Waals surface area contributed by atoms with E-state index in [1.807, 2.05) is 57.3 Å². The predicted molar refractivity (Wildman–Crippen MR) is 124 cm³/mol. The molecule has 3 aromatic carbocycles. The molecule has 0 aliphatic rings. The Kier molecular flexibility index (Phi) is 5.08. The lowest BCUT2D eigenvalue weighted by Crippen LogP contribution is -2.35. The Labute approximate surface area is 180 Å². The average Bonchev–Trinajstić information content (AvgIpc) is 2.78. The van der Waals surface area contributed by atoms with Gasteiger partial charge in [0, 0.05) is 18.5 Å². The first-order valence-corrected chi connectivity index (χ1v) is 10.6. The molecule has 0 spiro atoms. The Balaban J connectivity index is 2.04. The van der Waals surface area contributed by atoms with Gasteiger partial charge in [0.1, 0.15) is 12.9 Å². The van der Waals surface area contributed by atoms with Gasteiger partial charge >= 0.3 is 0 Å². The monoisotopic (exact) mass is 399 g/mol. The molecule has 0 saturated heterocycles. The molecule has 1 nitrogen and oxygen atoms in total. The van der Waals surface area contributed by atoms with E-state index in [0.29, 0.717) is 17.5 Å². The van der Waals surface area contributed by atoms with E-state index in [-0.39, 0.29) is 5.82 Å². The highest BCUT2D eigenvalue weighted by Gasteiger charge is 2.22. The second kappa shape index (κ2) is 8.02. The fourth-order valence-corrected chi connectivity index (χ4v) is 4.13. The molecule has 0 fully saturated rings. The van der Waals surface area contributed by atoms with Crippen molar-refractivity contribution in [1.82, 2.24) is 0 Å². The van der Waals surface area contributed by atoms with Crippen molar-refractivity contribution in [3.05, 3.63) is 89.3 Å². The van der Waals surface area contributed by atoms with E-state index in [4.69, 9.17) is 1.37 Å². The molecule has 0 N–H and O–H groups in total. The second-order valence-corrected chi connectivity index (χ2v) is 8.25. The lowest BCUT2D eigenvalue weighted by atomic mass is 9.91. The summed E-state index contributed by atoms with van der Waals surface area (Å²) in [6.07, 6.45) is 1.06. The van der Waals surface area contributed by atoms with Crippen molar-refractivity contribution in [2.75, 3.05) is 0 Å². The molecule has 0 radical (unpaired) electrons. The first-order valence-electron chi connectivity index (χ1n) is 11.1. The summed E-state index contributed by atoms with van der Waals surface area (Å²) < 4.78 is 25.8. The maximum atomic E-state index is 14.9. The van der Waals surface area contributed by atoms with Gasteiger partial charge in [0.25, 0.3) is 0 Å². The summed E-state index contributed by atoms with van der Waals surface area (Å²) in [5.74, 6) is 0.228. The number of rotatable bonds is 4. The Morgan fingerprint density at radius 1 is 1.00 bits per heavy atom. The van der Waals surface area contributed by atoms with Crippen LogP contribution >= 0.6 is 0 Å². The van der Waals surface area contributed by atoms with Gasteiger partial charge in [-0.1, -0.05) is 56.3 Å². The van der Waals surface area contributed by atoms with Crippen LogP contribution in [-0.4, -0.2) is 0 Å². The molecule has 0 bridgehead atoms. The topological polar surface area (TPSA) is 3.88 Å². The van der Waals surface area contributed by atoms with Crippen LogP contribution in [0.25, 0.3) is 33.2 Å². The Hall–Kier alpha value is -3.00. The van der Waals surface area contributed by atoms with Crippen molar-refractivity contribution in [1.29, 1.82) is 0 Å². The van der Waals surface area contributed by atoms with E-state index in [1.54, 1.807) is 6.07 Å². The minimum absolute atomic E-state index is 0.215. The zero-order valence-corrected chi connectivity index (χ0v) is 18.4. The van der Waals surface area contributed by atoms with Crippen molar-refractivity contribution >= 4 is 10.8 Å². The summed E-state index contributed by atoms with van der Waals surface area (Å²) >= 11 is 0. The molecule has 1 unspecified atom stereocenters. The highest BCUT2D eigenvalue weighted by atomic mass is 19.1. The number of nitrogens with zero attached hydrogens (tertiary/aromatic N) is 1. The number of hydrogen-bond acceptors (Lipinski definition) is 0. The molecule has 0 aliphatic heterocycles. The van der Waals surface area contributed by atoms with Gasteiger partial charge in [0.15, 0.2) is 5.69 Å². The number of aromatic nitrogens is 1. The van der Waals surface area contributed by atoms with Crippen LogP contribution in [0.4, 0.5) is 4.39 Å². The predicted octanol–water partition coefficient (Wildman–Crippen LogP) is 7.27. The van der Waals surface area contributed by atoms with Gasteiger partial charge < -0.3 is 0 Å². The molecule has 30 heavy (non-hydrogen) atoms. The molecule has 0 amide bonds. The van der Waals surface area contributed by atoms with Crippen molar-refractivity contribution in [3.63, 3.8) is 0 Å². The maximum Gasteiger partial charge on any atom is 0.220 e. The molecule has 4 rings (SSSR count). The molecule has 1 heterocycles. The summed E-state index contributed by atoms with van der Waals surface area (Å²) in [4.78, 5) is 0. The van der Waals surface area contributed by atoms with Crippen LogP contribution in [0, 0.1) is 19.7 Å². The number of aryl methyl sites for hydroxylation is 1. The summed E-state index contributed by atoms with van der Waals surface area (Å²) in [7, 11) is 2.00. The number of benzene rings is 3. The zero-order valence-electron chi connectivity index (χ0n) is 19.4. The highest BCUT2D eigenvalue weighted by Crippen LogP contribution is 2.35. The van der Waals surface area contributed by atoms with Crippen molar-refractivity contribution in [3.8, 4) is 22.4 Å². The highest BCUT2D eigenvalue weighted by molar-refractivity contribution is 5.95. The number of halogens is 1. The van der Waals surface area contributed by atoms with Gasteiger partial charge in [-0.3, -0.25) is 0 Å². The Bertz CT molecular complexity index is 1280. The quantitative estimate of drug-likeness (QED) is 0.318. The third kappa shape index (κ3) is 3.52. The molecule has 0 aliphatic carbocycles. The second-order valence-electron chi connectivity index (χ2n) is 8.25. The largest absolute Gasteiger partial charge is 0.220 e. The maximum absolute atomic E-state index is 14.9. The average molecular weight is 400 g/mol. The van der Waals surface area contributed by atoms with Gasteiger partial charge in [-0.2, -0.15) is 4.57 Å². The Morgan fingerprint density at radius 3 is 2.43 bits per heavy atom. The van der Waals surface area contributed by atoms with Crippen LogP contribution in [0.1, 0.15) is 44.4 Å². The lowest BCUT2D eigenvalue weighted by Gasteiger charge is -2.15. The van der Waals surface area contributed by atoms with Gasteiger partial charge in [-0.15, -0.1) is 0 Å². The summed E-state index contributed by atoms with van der Waals surface area (Å²) in [5, 5.41) is 1.98. The zero-order chi connectivity index (χ0) is 22.3. The number of fused-ring (bicyclic) bond motifs is 1. The van der Waals surface area contributed by atoms with E-state index < -0.39 is 0 Å². The van der Waals surface area contributed by atoms with E-state index >= 15 is 0 Å². The lowest BCUT2D eigenvalue weighted by molar-refractivity contribution is -0.665. The van der Waals surface area contributed by atoms with Crippen LogP contribution in [0.5, 0.6) is 0 Å². The van der Waals surface area contributed by atoms with Crippen LogP contribution in [0.15, 0.2) is 66.7 Å². The molecule has 1 aromatic heterocycles. The third-order valence-corrected chi connectivity index (χ3v) is 6.29. The SMILES string of the molecule is [2H]c1c(C)[n+](C)c(-c2cc(-c3ccccc3)c(F)cc2C)c2ccc(C(C)CC)cc12. The van der Waals surface area contributed by atoms with Gasteiger partial charge in [0.05, 0.1) is 12.3 Å². The normalized spacial score (nSPS) is 12.8. The molecule has 2 heteroatoms. The van der Waals surface area contributed by atoms with Gasteiger partial charge in [0.2, 0.25) is 5.69 Å². The summed E-state index contributed by atoms with van der Waals surface area (Å²) in [6, 6.07) is 20.3. The van der Waals surface area contributed by atoms with E-state index in [2.05, 4.69) is 36.6 Å². The van der Waals surface area contributed by atoms with Crippen LogP contribution in [0.3, 0.4) is 0 Å². The van der Waals surface area contributed by atoms with E-state index in [0.717, 1.165) is 45.3 Å². The van der Waals surface area contributed by atoms with Gasteiger partial charge in [-0.05, 0) is 59.5 Å². The first kappa shape index (κ1) is 19.0. The molecule has 1 atom stereocenters. The molecular formula is C28H29FN+. The minimum atomic E-state index is -0.215. The van der Waals surface area contributed by atoms with Crippen LogP contribution in [0.2, 0.25) is 0 Å². The van der Waals surface area contributed by atoms with Crippen LogP contribution < -0.4 is 4.57 Å². The third-order valence-electron chi connectivity index (χ3n) is 6.29. The minimum Gasteiger partial charge on any atom is -0.206 e. The Morgan fingerprint density at radius 2 is 1.73 bits per heavy atom. The van der Waals surface area contributed by atoms with Crippen molar-refractivity contribution in [2.24, 2.45) is 7.05 Å². The standard InChI is InChI=1S/C28H29FN/c1-6-18(2)22-12-13-24-23(16-22)15-20(4)30(5)28(24)25-17-26(27(29)14-19(25)3)21-10-8-7-9-11-21/h7-18H,6H2,1-5H3/q+1/i15D. The summed E-state index contributed by atoms with van der Waals surface area (Å²) in [5.41, 5.74) is 6.51. The van der Waals surface area contributed by atoms with E-state index in [9.17, 15) is 4.39 Å². The molecule has 152 valence electrons. The first-order chi connectivity index (χ1) is 14.8. The number of hydrogen-bond donors (Lipinski definition) is 0. The van der Waals surface area contributed by atoms with E-state index in [1.165, 1.54) is 5.56 Å². The van der Waals surface area contributed by atoms with Gasteiger partial charge in [-0.25, -0.2) is 4.39 Å². The van der Waals surface area contributed by atoms with Crippen LogP contribution in [-0.2, 0) is 7.05 Å². The van der Waals surface area contributed by atoms with Crippen molar-refractivity contribution < 1.29 is 10.3 Å².